The Kier molecular flexibility index (Phi) is 4.74. The third kappa shape index (κ3) is 4.00. The van der Waals surface area contributed by atoms with Crippen LogP contribution < -0.4 is 15.0 Å². The number of alkyl halides is 3. The van der Waals surface area contributed by atoms with E-state index in [1.54, 1.807) is 13.1 Å². The lowest BCUT2D eigenvalue weighted by Crippen LogP contribution is -2.39. The van der Waals surface area contributed by atoms with E-state index in [1.165, 1.54) is 23.3 Å². The molecule has 0 saturated carbocycles. The molecule has 0 aliphatic heterocycles. The number of halogens is 3. The largest absolute Gasteiger partial charge is 0.494 e. The highest BCUT2D eigenvalue weighted by atomic mass is 32.1. The monoisotopic (exact) mass is 333 g/mol. The molecule has 0 unspecified atom stereocenters. The molecular formula is C13H14F3N3O2S. The van der Waals surface area contributed by atoms with Gasteiger partial charge in [0.1, 0.15) is 17.8 Å². The number of hydrogen-bond donors (Lipinski definition) is 1. The molecule has 22 heavy (non-hydrogen) atoms. The van der Waals surface area contributed by atoms with Crippen molar-refractivity contribution in [3.63, 3.8) is 0 Å². The van der Waals surface area contributed by atoms with Crippen LogP contribution in [-0.4, -0.2) is 44.3 Å². The molecule has 1 N–H and O–H groups in total. The van der Waals surface area contributed by atoms with Gasteiger partial charge in [-0.1, -0.05) is 17.4 Å². The van der Waals surface area contributed by atoms with Crippen molar-refractivity contribution in [2.75, 3.05) is 32.1 Å². The summed E-state index contributed by atoms with van der Waals surface area (Å²) in [6.45, 7) is -1.55. The highest BCUT2D eigenvalue weighted by Gasteiger charge is 2.28. The number of benzene rings is 1. The van der Waals surface area contributed by atoms with Gasteiger partial charge in [0, 0.05) is 7.05 Å². The first-order chi connectivity index (χ1) is 10.3. The van der Waals surface area contributed by atoms with Crippen molar-refractivity contribution in [1.82, 2.24) is 10.3 Å². The van der Waals surface area contributed by atoms with Gasteiger partial charge in [0.15, 0.2) is 5.13 Å². The molecule has 120 valence electrons. The normalized spacial score (nSPS) is 11.5. The Hall–Kier alpha value is -2.03. The van der Waals surface area contributed by atoms with Crippen molar-refractivity contribution in [2.24, 2.45) is 0 Å². The van der Waals surface area contributed by atoms with Crippen LogP contribution in [0, 0.1) is 0 Å². The number of hydrogen-bond acceptors (Lipinski definition) is 5. The first-order valence-corrected chi connectivity index (χ1v) is 7.10. The van der Waals surface area contributed by atoms with Gasteiger partial charge in [-0.25, -0.2) is 4.98 Å². The smallest absolute Gasteiger partial charge is 0.405 e. The van der Waals surface area contributed by atoms with E-state index >= 15 is 0 Å². The number of para-hydroxylation sites is 1. The molecule has 1 aromatic heterocycles. The zero-order chi connectivity index (χ0) is 16.3. The molecule has 0 atom stereocenters. The second-order valence-electron chi connectivity index (χ2n) is 4.55. The first kappa shape index (κ1) is 16.3. The van der Waals surface area contributed by atoms with E-state index in [0.29, 0.717) is 16.4 Å². The number of rotatable bonds is 5. The number of carbonyl (C=O) groups excluding carboxylic acids is 1. The van der Waals surface area contributed by atoms with Crippen LogP contribution in [0.15, 0.2) is 18.2 Å². The molecule has 0 aliphatic carbocycles. The fourth-order valence-corrected chi connectivity index (χ4v) is 2.72. The van der Waals surface area contributed by atoms with Crippen LogP contribution in [-0.2, 0) is 4.79 Å². The van der Waals surface area contributed by atoms with Crippen LogP contribution in [0.4, 0.5) is 18.3 Å². The Balaban J connectivity index is 2.06. The van der Waals surface area contributed by atoms with Gasteiger partial charge in [0.2, 0.25) is 5.91 Å². The third-order valence-corrected chi connectivity index (χ3v) is 3.92. The number of likely N-dealkylation sites (N-methyl/N-ethyl adjacent to an activating group) is 1. The summed E-state index contributed by atoms with van der Waals surface area (Å²) >= 11 is 1.33. The molecule has 0 radical (unpaired) electrons. The highest BCUT2D eigenvalue weighted by molar-refractivity contribution is 7.22. The van der Waals surface area contributed by atoms with Gasteiger partial charge in [-0.15, -0.1) is 0 Å². The summed E-state index contributed by atoms with van der Waals surface area (Å²) in [7, 11) is 3.12. The SMILES string of the molecule is COc1cccc2sc(N(C)CC(=O)NCC(F)(F)F)nc12. The van der Waals surface area contributed by atoms with Crippen molar-refractivity contribution in [3.05, 3.63) is 18.2 Å². The summed E-state index contributed by atoms with van der Waals surface area (Å²) in [5, 5.41) is 2.36. The van der Waals surface area contributed by atoms with E-state index in [2.05, 4.69) is 4.98 Å². The van der Waals surface area contributed by atoms with Gasteiger partial charge in [0.05, 0.1) is 18.4 Å². The molecule has 1 aromatic carbocycles. The van der Waals surface area contributed by atoms with Crippen LogP contribution >= 0.6 is 11.3 Å². The Morgan fingerprint density at radius 2 is 2.18 bits per heavy atom. The lowest BCUT2D eigenvalue weighted by atomic mass is 10.3. The quantitative estimate of drug-likeness (QED) is 0.913. The van der Waals surface area contributed by atoms with Crippen LogP contribution in [0.3, 0.4) is 0 Å². The molecule has 0 spiro atoms. The second kappa shape index (κ2) is 6.39. The van der Waals surface area contributed by atoms with Crippen molar-refractivity contribution in [2.45, 2.75) is 6.18 Å². The van der Waals surface area contributed by atoms with Gasteiger partial charge >= 0.3 is 6.18 Å². The van der Waals surface area contributed by atoms with Crippen molar-refractivity contribution < 1.29 is 22.7 Å². The van der Waals surface area contributed by atoms with Crippen LogP contribution in [0.25, 0.3) is 10.2 Å². The fraction of sp³-hybridized carbons (Fsp3) is 0.385. The maximum absolute atomic E-state index is 12.0. The van der Waals surface area contributed by atoms with Crippen LogP contribution in [0.5, 0.6) is 5.75 Å². The van der Waals surface area contributed by atoms with E-state index in [0.717, 1.165) is 4.70 Å². The number of thiazole rings is 1. The summed E-state index contributed by atoms with van der Waals surface area (Å²) in [6, 6.07) is 5.44. The maximum Gasteiger partial charge on any atom is 0.405 e. The molecule has 1 heterocycles. The van der Waals surface area contributed by atoms with E-state index in [4.69, 9.17) is 4.74 Å². The number of carbonyl (C=O) groups is 1. The summed E-state index contributed by atoms with van der Waals surface area (Å²) < 4.78 is 42.2. The van der Waals surface area contributed by atoms with E-state index in [1.807, 2.05) is 17.4 Å². The van der Waals surface area contributed by atoms with Crippen molar-refractivity contribution >= 4 is 32.6 Å². The van der Waals surface area contributed by atoms with Crippen LogP contribution in [0.2, 0.25) is 0 Å². The summed E-state index contributed by atoms with van der Waals surface area (Å²) in [5.41, 5.74) is 0.660. The Morgan fingerprint density at radius 1 is 1.45 bits per heavy atom. The minimum Gasteiger partial charge on any atom is -0.494 e. The minimum absolute atomic E-state index is 0.210. The molecular weight excluding hydrogens is 319 g/mol. The van der Waals surface area contributed by atoms with Crippen molar-refractivity contribution in [1.29, 1.82) is 0 Å². The van der Waals surface area contributed by atoms with Gasteiger partial charge in [-0.3, -0.25) is 4.79 Å². The van der Waals surface area contributed by atoms with E-state index < -0.39 is 18.6 Å². The summed E-state index contributed by atoms with van der Waals surface area (Å²) in [5.74, 6) is -0.110. The second-order valence-corrected chi connectivity index (χ2v) is 5.56. The van der Waals surface area contributed by atoms with Gasteiger partial charge in [-0.05, 0) is 12.1 Å². The van der Waals surface area contributed by atoms with E-state index in [9.17, 15) is 18.0 Å². The first-order valence-electron chi connectivity index (χ1n) is 6.28. The fourth-order valence-electron chi connectivity index (χ4n) is 1.78. The molecule has 2 aromatic rings. The average Bonchev–Trinajstić information content (AvgIpc) is 2.88. The standard InChI is InChI=1S/C13H14F3N3O2S/c1-19(6-10(20)17-7-13(14,15)16)12-18-11-8(21-2)4-3-5-9(11)22-12/h3-5H,6-7H2,1-2H3,(H,17,20). The van der Waals surface area contributed by atoms with E-state index in [-0.39, 0.29) is 6.54 Å². The molecule has 0 bridgehead atoms. The number of amides is 1. The molecule has 0 saturated heterocycles. The molecule has 5 nitrogen and oxygen atoms in total. The number of ether oxygens (including phenoxy) is 1. The number of anilines is 1. The van der Waals surface area contributed by atoms with Crippen LogP contribution in [0.1, 0.15) is 0 Å². The Labute approximate surface area is 128 Å². The number of fused-ring (bicyclic) bond motifs is 1. The van der Waals surface area contributed by atoms with Gasteiger partial charge in [0.25, 0.3) is 0 Å². The summed E-state index contributed by atoms with van der Waals surface area (Å²) in [4.78, 5) is 17.4. The number of nitrogens with one attached hydrogen (secondary N) is 1. The highest BCUT2D eigenvalue weighted by Crippen LogP contribution is 2.33. The van der Waals surface area contributed by atoms with Crippen molar-refractivity contribution in [3.8, 4) is 5.75 Å². The molecule has 0 fully saturated rings. The molecule has 2 rings (SSSR count). The number of nitrogens with zero attached hydrogens (tertiary/aromatic N) is 2. The zero-order valence-corrected chi connectivity index (χ0v) is 12.7. The Morgan fingerprint density at radius 3 is 2.82 bits per heavy atom. The molecule has 0 aliphatic rings. The third-order valence-electron chi connectivity index (χ3n) is 2.78. The predicted octanol–water partition coefficient (Wildman–Crippen LogP) is 2.42. The molecule has 1 amide bonds. The average molecular weight is 333 g/mol. The maximum atomic E-state index is 12.0. The topological polar surface area (TPSA) is 54.5 Å². The minimum atomic E-state index is -4.42. The predicted molar refractivity (Wildman–Crippen MR) is 78.5 cm³/mol. The Bertz CT molecular complexity index is 672. The summed E-state index contributed by atoms with van der Waals surface area (Å²) in [6.07, 6.45) is -4.42. The lowest BCUT2D eigenvalue weighted by Gasteiger charge is -2.15. The molecule has 9 heteroatoms. The van der Waals surface area contributed by atoms with Gasteiger partial charge < -0.3 is 15.0 Å². The van der Waals surface area contributed by atoms with Gasteiger partial charge in [-0.2, -0.15) is 13.2 Å². The lowest BCUT2D eigenvalue weighted by molar-refractivity contribution is -0.137. The zero-order valence-electron chi connectivity index (χ0n) is 11.9. The number of aromatic nitrogens is 1. The number of methoxy groups -OCH3 is 1.